The molecule has 10 heteroatoms. The number of carbonyl (C=O) groups excluding carboxylic acids is 3. The highest BCUT2D eigenvalue weighted by Gasteiger charge is 2.34. The van der Waals surface area contributed by atoms with Crippen LogP contribution in [0.15, 0.2) is 36.4 Å². The molecule has 0 aliphatic carbocycles. The molecule has 3 aliphatic heterocycles. The van der Waals surface area contributed by atoms with Crippen LogP contribution in [0.2, 0.25) is 5.15 Å². The van der Waals surface area contributed by atoms with E-state index in [1.54, 1.807) is 13.0 Å². The number of benzene rings is 1. The van der Waals surface area contributed by atoms with E-state index in [0.29, 0.717) is 48.6 Å². The maximum Gasteiger partial charge on any atom is 0.254 e. The van der Waals surface area contributed by atoms with Crippen molar-refractivity contribution in [3.05, 3.63) is 52.8 Å². The Morgan fingerprint density at radius 3 is 2.21 bits per heavy atom. The zero-order valence-electron chi connectivity index (χ0n) is 24.4. The first-order chi connectivity index (χ1) is 20.2. The minimum absolute atomic E-state index is 0.0185. The first kappa shape index (κ1) is 28.7. The normalized spacial score (nSPS) is 19.5. The number of likely N-dealkylation sites (tertiary alicyclic amines) is 2. The van der Waals surface area contributed by atoms with E-state index in [2.05, 4.69) is 27.0 Å². The van der Waals surface area contributed by atoms with Crippen molar-refractivity contribution in [2.45, 2.75) is 45.6 Å². The summed E-state index contributed by atoms with van der Waals surface area (Å²) in [5, 5.41) is 1.41. The molecule has 6 rings (SSSR count). The molecule has 2 aromatic heterocycles. The molecule has 3 aliphatic rings. The molecule has 0 atom stereocenters. The summed E-state index contributed by atoms with van der Waals surface area (Å²) in [7, 11) is 0. The Hall–Kier alpha value is -3.43. The average molecular weight is 591 g/mol. The molecule has 0 saturated carbocycles. The summed E-state index contributed by atoms with van der Waals surface area (Å²) < 4.78 is 0. The lowest BCUT2D eigenvalue weighted by Gasteiger charge is -2.43. The highest BCUT2D eigenvalue weighted by molar-refractivity contribution is 6.30. The van der Waals surface area contributed by atoms with Gasteiger partial charge in [0, 0.05) is 99.0 Å². The third-order valence-corrected chi connectivity index (χ3v) is 9.47. The number of pyridine rings is 1. The van der Waals surface area contributed by atoms with E-state index in [9.17, 15) is 14.4 Å². The SMILES string of the molecule is CC(=O)N1CCC(C(=O)N2CCC(N3CCN(C(=O)c4cc(Cl)nc(-c5ccc6[nH]c(C)cc6c5)c4)CC3)CC2)CC1. The van der Waals surface area contributed by atoms with E-state index in [4.69, 9.17) is 11.6 Å². The Bertz CT molecular complexity index is 1480. The molecule has 42 heavy (non-hydrogen) atoms. The molecule has 9 nitrogen and oxygen atoms in total. The fraction of sp³-hybridized carbons (Fsp3) is 0.500. The van der Waals surface area contributed by atoms with Gasteiger partial charge in [-0.1, -0.05) is 17.7 Å². The number of hydrogen-bond acceptors (Lipinski definition) is 5. The Labute approximate surface area is 251 Å². The van der Waals surface area contributed by atoms with Crippen LogP contribution in [0, 0.1) is 12.8 Å². The van der Waals surface area contributed by atoms with Crippen LogP contribution in [0.1, 0.15) is 48.7 Å². The number of rotatable bonds is 4. The molecule has 3 fully saturated rings. The number of fused-ring (bicyclic) bond motifs is 1. The number of aromatic amines is 1. The van der Waals surface area contributed by atoms with Gasteiger partial charge in [0.05, 0.1) is 5.69 Å². The molecule has 222 valence electrons. The predicted molar refractivity (Wildman–Crippen MR) is 163 cm³/mol. The minimum Gasteiger partial charge on any atom is -0.359 e. The lowest BCUT2D eigenvalue weighted by Crippen LogP contribution is -2.55. The molecular weight excluding hydrogens is 552 g/mol. The second-order valence-electron chi connectivity index (χ2n) is 12.0. The maximum atomic E-state index is 13.5. The van der Waals surface area contributed by atoms with Gasteiger partial charge in [-0.3, -0.25) is 19.3 Å². The Morgan fingerprint density at radius 2 is 1.52 bits per heavy atom. The first-order valence-electron chi connectivity index (χ1n) is 15.1. The molecule has 0 unspecified atom stereocenters. The van der Waals surface area contributed by atoms with Crippen LogP contribution in [0.5, 0.6) is 0 Å². The molecule has 5 heterocycles. The average Bonchev–Trinajstić information content (AvgIpc) is 3.39. The number of aryl methyl sites for hydroxylation is 1. The number of carbonyl (C=O) groups is 3. The highest BCUT2D eigenvalue weighted by atomic mass is 35.5. The van der Waals surface area contributed by atoms with Gasteiger partial charge in [0.15, 0.2) is 0 Å². The van der Waals surface area contributed by atoms with Gasteiger partial charge in [0.1, 0.15) is 5.15 Å². The Kier molecular flexibility index (Phi) is 8.23. The molecule has 1 N–H and O–H groups in total. The van der Waals surface area contributed by atoms with Gasteiger partial charge < -0.3 is 19.7 Å². The van der Waals surface area contributed by atoms with Gasteiger partial charge in [0.2, 0.25) is 11.8 Å². The number of aromatic nitrogens is 2. The number of piperidine rings is 2. The first-order valence-corrected chi connectivity index (χ1v) is 15.5. The van der Waals surface area contributed by atoms with E-state index in [1.807, 2.05) is 39.8 Å². The summed E-state index contributed by atoms with van der Waals surface area (Å²) in [5.41, 5.74) is 4.34. The molecule has 0 spiro atoms. The fourth-order valence-corrected chi connectivity index (χ4v) is 7.04. The molecule has 3 saturated heterocycles. The number of hydrogen-bond donors (Lipinski definition) is 1. The lowest BCUT2D eigenvalue weighted by atomic mass is 9.93. The number of nitrogens with one attached hydrogen (secondary N) is 1. The van der Waals surface area contributed by atoms with Crippen LogP contribution in [-0.4, -0.2) is 106 Å². The number of piperazine rings is 1. The molecule has 3 amide bonds. The van der Waals surface area contributed by atoms with E-state index < -0.39 is 0 Å². The summed E-state index contributed by atoms with van der Waals surface area (Å²) >= 11 is 6.39. The van der Waals surface area contributed by atoms with Gasteiger partial charge in [-0.05, 0) is 62.9 Å². The second-order valence-corrected chi connectivity index (χ2v) is 12.4. The van der Waals surface area contributed by atoms with Crippen LogP contribution < -0.4 is 0 Å². The third-order valence-electron chi connectivity index (χ3n) is 9.28. The molecule has 0 radical (unpaired) electrons. The van der Waals surface area contributed by atoms with E-state index in [-0.39, 0.29) is 23.6 Å². The van der Waals surface area contributed by atoms with Crippen LogP contribution in [0.25, 0.3) is 22.2 Å². The monoisotopic (exact) mass is 590 g/mol. The quantitative estimate of drug-likeness (QED) is 0.460. The second kappa shape index (κ2) is 12.1. The van der Waals surface area contributed by atoms with Gasteiger partial charge in [-0.2, -0.15) is 0 Å². The van der Waals surface area contributed by atoms with Crippen molar-refractivity contribution in [3.8, 4) is 11.3 Å². The maximum absolute atomic E-state index is 13.5. The fourth-order valence-electron chi connectivity index (χ4n) is 6.83. The van der Waals surface area contributed by atoms with Gasteiger partial charge in [-0.15, -0.1) is 0 Å². The highest BCUT2D eigenvalue weighted by Crippen LogP contribution is 2.28. The summed E-state index contributed by atoms with van der Waals surface area (Å²) in [6.07, 6.45) is 3.45. The Morgan fingerprint density at radius 1 is 0.833 bits per heavy atom. The summed E-state index contributed by atoms with van der Waals surface area (Å²) in [5.74, 6) is 0.369. The zero-order valence-corrected chi connectivity index (χ0v) is 25.2. The van der Waals surface area contributed by atoms with Crippen LogP contribution in [0.3, 0.4) is 0 Å². The van der Waals surface area contributed by atoms with Crippen molar-refractivity contribution < 1.29 is 14.4 Å². The van der Waals surface area contributed by atoms with Crippen molar-refractivity contribution in [2.75, 3.05) is 52.4 Å². The Balaban J connectivity index is 1.02. The van der Waals surface area contributed by atoms with Crippen molar-refractivity contribution >= 4 is 40.2 Å². The number of amides is 3. The van der Waals surface area contributed by atoms with Crippen LogP contribution >= 0.6 is 11.6 Å². The van der Waals surface area contributed by atoms with Crippen LogP contribution in [0.4, 0.5) is 0 Å². The third kappa shape index (κ3) is 6.03. The standard InChI is InChI=1S/C32H39ClN6O3/c1-21-17-25-18-24(3-4-28(25)34-21)29-19-26(20-30(33)35-29)32(42)39-15-13-37(14-16-39)27-7-11-38(12-8-27)31(41)23-5-9-36(10-6-23)22(2)40/h3-4,17-20,23,27,34H,5-16H2,1-2H3. The predicted octanol–water partition coefficient (Wildman–Crippen LogP) is 4.20. The number of halogens is 1. The van der Waals surface area contributed by atoms with E-state index >= 15 is 0 Å². The summed E-state index contributed by atoms with van der Waals surface area (Å²) in [4.78, 5) is 54.3. The number of nitrogens with zero attached hydrogens (tertiary/aromatic N) is 5. The van der Waals surface area contributed by atoms with Gasteiger partial charge in [0.25, 0.3) is 5.91 Å². The summed E-state index contributed by atoms with van der Waals surface area (Å²) in [6.45, 7) is 9.52. The topological polar surface area (TPSA) is 92.9 Å². The minimum atomic E-state index is -0.0185. The van der Waals surface area contributed by atoms with Crippen molar-refractivity contribution in [3.63, 3.8) is 0 Å². The zero-order chi connectivity index (χ0) is 29.4. The van der Waals surface area contributed by atoms with Crippen LogP contribution in [-0.2, 0) is 9.59 Å². The van der Waals surface area contributed by atoms with E-state index in [0.717, 1.165) is 74.0 Å². The lowest BCUT2D eigenvalue weighted by molar-refractivity contribution is -0.141. The van der Waals surface area contributed by atoms with Crippen molar-refractivity contribution in [2.24, 2.45) is 5.92 Å². The largest absolute Gasteiger partial charge is 0.359 e. The summed E-state index contributed by atoms with van der Waals surface area (Å²) in [6, 6.07) is 12.1. The molecule has 0 bridgehead atoms. The van der Waals surface area contributed by atoms with Crippen molar-refractivity contribution in [1.29, 1.82) is 0 Å². The molecule has 3 aromatic rings. The smallest absolute Gasteiger partial charge is 0.254 e. The van der Waals surface area contributed by atoms with Crippen molar-refractivity contribution in [1.82, 2.24) is 29.6 Å². The van der Waals surface area contributed by atoms with E-state index in [1.165, 1.54) is 0 Å². The number of H-pyrrole nitrogens is 1. The van der Waals surface area contributed by atoms with Gasteiger partial charge >= 0.3 is 0 Å². The molecular formula is C32H39ClN6O3. The molecule has 1 aromatic carbocycles. The van der Waals surface area contributed by atoms with Gasteiger partial charge in [-0.25, -0.2) is 4.98 Å².